The van der Waals surface area contributed by atoms with Crippen LogP contribution in [-0.4, -0.2) is 41.5 Å². The van der Waals surface area contributed by atoms with Crippen LogP contribution in [0.3, 0.4) is 0 Å². The summed E-state index contributed by atoms with van der Waals surface area (Å²) in [4.78, 5) is 29.1. The molecule has 1 aliphatic rings. The van der Waals surface area contributed by atoms with Gasteiger partial charge in [0.1, 0.15) is 11.8 Å². The molecule has 4 rings (SSSR count). The van der Waals surface area contributed by atoms with Gasteiger partial charge in [0, 0.05) is 37.3 Å². The Kier molecular flexibility index (Phi) is 4.72. The third kappa shape index (κ3) is 3.73. The van der Waals surface area contributed by atoms with Crippen LogP contribution in [0.4, 0.5) is 23.7 Å². The zero-order chi connectivity index (χ0) is 21.5. The van der Waals surface area contributed by atoms with Crippen molar-refractivity contribution in [3.8, 4) is 11.6 Å². The third-order valence-corrected chi connectivity index (χ3v) is 4.61. The first-order valence-electron chi connectivity index (χ1n) is 8.76. The van der Waals surface area contributed by atoms with E-state index in [1.807, 2.05) is 0 Å². The number of carbonyl (C=O) groups is 2. The van der Waals surface area contributed by atoms with Crippen LogP contribution >= 0.6 is 0 Å². The molecule has 8 nitrogen and oxygen atoms in total. The molecule has 1 fully saturated rings. The smallest absolute Gasteiger partial charge is 0.417 e. The van der Waals surface area contributed by atoms with Crippen molar-refractivity contribution >= 4 is 28.6 Å². The highest BCUT2D eigenvalue weighted by Gasteiger charge is 2.33. The van der Waals surface area contributed by atoms with E-state index in [1.54, 1.807) is 12.1 Å². The Balaban J connectivity index is 1.58. The van der Waals surface area contributed by atoms with Crippen molar-refractivity contribution in [2.75, 3.05) is 18.9 Å². The minimum absolute atomic E-state index is 0.0477. The second kappa shape index (κ2) is 7.25. The standard InChI is InChI=1S/C19H15F3N4O4/c1-26-14(9-24-18(26)28)17(27)25-13-7-12(6-10-4-5-29-16(10)13)30-15-3-2-11(8-23-15)19(20,21)22/h2-8,14H,9H2,1H3,(H,24,28)(H,25,27). The third-order valence-electron chi connectivity index (χ3n) is 4.61. The number of ether oxygens (including phenoxy) is 1. The Labute approximate surface area is 167 Å². The number of hydrogen-bond donors (Lipinski definition) is 2. The number of benzene rings is 1. The molecule has 2 aromatic heterocycles. The lowest BCUT2D eigenvalue weighted by atomic mass is 10.2. The molecule has 0 bridgehead atoms. The SMILES string of the molecule is CN1C(=O)NCC1C(=O)Nc1cc(Oc2ccc(C(F)(F)F)cn2)cc2ccoc12. The molecule has 0 aliphatic carbocycles. The number of pyridine rings is 1. The summed E-state index contributed by atoms with van der Waals surface area (Å²) in [6.07, 6.45) is -2.40. The average Bonchev–Trinajstić information content (AvgIpc) is 3.28. The number of rotatable bonds is 4. The van der Waals surface area contributed by atoms with Gasteiger partial charge in [-0.05, 0) is 18.2 Å². The van der Waals surface area contributed by atoms with E-state index < -0.39 is 23.7 Å². The molecule has 1 unspecified atom stereocenters. The summed E-state index contributed by atoms with van der Waals surface area (Å²) in [5.41, 5.74) is -0.217. The molecule has 1 aliphatic heterocycles. The highest BCUT2D eigenvalue weighted by Crippen LogP contribution is 2.34. The average molecular weight is 420 g/mol. The highest BCUT2D eigenvalue weighted by molar-refractivity contribution is 6.04. The van der Waals surface area contributed by atoms with Gasteiger partial charge in [-0.15, -0.1) is 0 Å². The van der Waals surface area contributed by atoms with Gasteiger partial charge >= 0.3 is 12.2 Å². The first-order valence-corrected chi connectivity index (χ1v) is 8.76. The molecule has 1 saturated heterocycles. The van der Waals surface area contributed by atoms with Crippen molar-refractivity contribution in [1.82, 2.24) is 15.2 Å². The van der Waals surface area contributed by atoms with Gasteiger partial charge < -0.3 is 24.7 Å². The van der Waals surface area contributed by atoms with Crippen LogP contribution in [0.15, 0.2) is 47.2 Å². The monoisotopic (exact) mass is 420 g/mol. The van der Waals surface area contributed by atoms with Crippen LogP contribution in [-0.2, 0) is 11.0 Å². The summed E-state index contributed by atoms with van der Waals surface area (Å²) >= 11 is 0. The number of aromatic nitrogens is 1. The van der Waals surface area contributed by atoms with E-state index in [0.29, 0.717) is 17.2 Å². The Bertz CT molecular complexity index is 1110. The number of anilines is 1. The minimum Gasteiger partial charge on any atom is -0.462 e. The minimum atomic E-state index is -4.50. The highest BCUT2D eigenvalue weighted by atomic mass is 19.4. The Hall–Kier alpha value is -3.76. The summed E-state index contributed by atoms with van der Waals surface area (Å²) in [6, 6.07) is 5.61. The van der Waals surface area contributed by atoms with Gasteiger partial charge in [-0.2, -0.15) is 13.2 Å². The van der Waals surface area contributed by atoms with Crippen molar-refractivity contribution < 1.29 is 31.9 Å². The van der Waals surface area contributed by atoms with Crippen LogP contribution in [0.2, 0.25) is 0 Å². The molecule has 0 saturated carbocycles. The number of hydrogen-bond acceptors (Lipinski definition) is 5. The van der Waals surface area contributed by atoms with Gasteiger partial charge in [-0.3, -0.25) is 4.79 Å². The molecule has 0 radical (unpaired) electrons. The Morgan fingerprint density at radius 2 is 2.13 bits per heavy atom. The fourth-order valence-electron chi connectivity index (χ4n) is 3.01. The number of likely N-dealkylation sites (N-methyl/N-ethyl adjacent to an activating group) is 1. The lowest BCUT2D eigenvalue weighted by Gasteiger charge is -2.17. The molecule has 1 aromatic carbocycles. The number of furan rings is 1. The maximum absolute atomic E-state index is 12.7. The van der Waals surface area contributed by atoms with E-state index in [9.17, 15) is 22.8 Å². The molecule has 2 N–H and O–H groups in total. The second-order valence-corrected chi connectivity index (χ2v) is 6.60. The molecule has 3 aromatic rings. The van der Waals surface area contributed by atoms with Gasteiger partial charge in [-0.25, -0.2) is 9.78 Å². The lowest BCUT2D eigenvalue weighted by Crippen LogP contribution is -2.40. The Morgan fingerprint density at radius 1 is 1.33 bits per heavy atom. The number of halogens is 3. The maximum atomic E-state index is 12.7. The number of urea groups is 1. The van der Waals surface area contributed by atoms with Gasteiger partial charge in [0.15, 0.2) is 5.58 Å². The first-order chi connectivity index (χ1) is 14.2. The summed E-state index contributed by atoms with van der Waals surface area (Å²) in [5.74, 6) is -0.243. The molecule has 1 atom stereocenters. The number of nitrogens with one attached hydrogen (secondary N) is 2. The van der Waals surface area contributed by atoms with Gasteiger partial charge in [0.2, 0.25) is 11.8 Å². The number of fused-ring (bicyclic) bond motifs is 1. The fourth-order valence-corrected chi connectivity index (χ4v) is 3.01. The quantitative estimate of drug-likeness (QED) is 0.672. The molecule has 156 valence electrons. The van der Waals surface area contributed by atoms with Crippen LogP contribution in [0, 0.1) is 0 Å². The van der Waals surface area contributed by atoms with Gasteiger partial charge in [0.05, 0.1) is 17.5 Å². The van der Waals surface area contributed by atoms with E-state index >= 15 is 0 Å². The Morgan fingerprint density at radius 3 is 2.77 bits per heavy atom. The zero-order valence-electron chi connectivity index (χ0n) is 15.5. The number of alkyl halides is 3. The van der Waals surface area contributed by atoms with E-state index in [1.165, 1.54) is 24.3 Å². The molecule has 0 spiro atoms. The summed E-state index contributed by atoms with van der Waals surface area (Å²) in [5, 5.41) is 5.87. The van der Waals surface area contributed by atoms with Crippen LogP contribution in [0.5, 0.6) is 11.6 Å². The normalized spacial score (nSPS) is 16.6. The molecule has 3 heterocycles. The van der Waals surface area contributed by atoms with Crippen LogP contribution in [0.25, 0.3) is 11.0 Å². The second-order valence-electron chi connectivity index (χ2n) is 6.60. The first kappa shape index (κ1) is 19.6. The molecule has 30 heavy (non-hydrogen) atoms. The summed E-state index contributed by atoms with van der Waals surface area (Å²) < 4.78 is 49.0. The maximum Gasteiger partial charge on any atom is 0.417 e. The van der Waals surface area contributed by atoms with Crippen molar-refractivity contribution in [2.45, 2.75) is 12.2 Å². The van der Waals surface area contributed by atoms with Crippen LogP contribution < -0.4 is 15.4 Å². The topological polar surface area (TPSA) is 96.7 Å². The lowest BCUT2D eigenvalue weighted by molar-refractivity contribution is -0.137. The van der Waals surface area contributed by atoms with Gasteiger partial charge in [0.25, 0.3) is 0 Å². The van der Waals surface area contributed by atoms with E-state index in [4.69, 9.17) is 9.15 Å². The van der Waals surface area contributed by atoms with Crippen molar-refractivity contribution in [2.24, 2.45) is 0 Å². The largest absolute Gasteiger partial charge is 0.462 e. The van der Waals surface area contributed by atoms with Gasteiger partial charge in [-0.1, -0.05) is 0 Å². The zero-order valence-corrected chi connectivity index (χ0v) is 15.5. The number of carbonyl (C=O) groups excluding carboxylic acids is 2. The molecular weight excluding hydrogens is 405 g/mol. The van der Waals surface area contributed by atoms with E-state index in [-0.39, 0.29) is 29.9 Å². The predicted octanol–water partition coefficient (Wildman–Crippen LogP) is 3.60. The van der Waals surface area contributed by atoms with Crippen molar-refractivity contribution in [3.63, 3.8) is 0 Å². The number of nitrogens with zero attached hydrogens (tertiary/aromatic N) is 2. The molecule has 3 amide bonds. The molecule has 11 heteroatoms. The summed E-state index contributed by atoms with van der Waals surface area (Å²) in [6.45, 7) is 0.161. The van der Waals surface area contributed by atoms with Crippen molar-refractivity contribution in [1.29, 1.82) is 0 Å². The van der Waals surface area contributed by atoms with E-state index in [2.05, 4.69) is 15.6 Å². The van der Waals surface area contributed by atoms with E-state index in [0.717, 1.165) is 12.1 Å². The fraction of sp³-hybridized carbons (Fsp3) is 0.211. The van der Waals surface area contributed by atoms with Crippen LogP contribution in [0.1, 0.15) is 5.56 Å². The number of amides is 3. The molecular formula is C19H15F3N4O4. The summed E-state index contributed by atoms with van der Waals surface area (Å²) in [7, 11) is 1.50. The predicted molar refractivity (Wildman–Crippen MR) is 99.1 cm³/mol. The van der Waals surface area contributed by atoms with Crippen molar-refractivity contribution in [3.05, 3.63) is 48.4 Å².